The van der Waals surface area contributed by atoms with Gasteiger partial charge in [-0.25, -0.2) is 0 Å². The van der Waals surface area contributed by atoms with Crippen LogP contribution in [0.3, 0.4) is 0 Å². The van der Waals surface area contributed by atoms with E-state index in [-0.39, 0.29) is 6.10 Å². The van der Waals surface area contributed by atoms with Gasteiger partial charge in [0, 0.05) is 6.61 Å². The zero-order valence-electron chi connectivity index (χ0n) is 37.6. The summed E-state index contributed by atoms with van der Waals surface area (Å²) < 4.78 is 21.7. The van der Waals surface area contributed by atoms with E-state index in [9.17, 15) is 0 Å². The molecule has 0 aliphatic carbocycles. The standard InChI is InChI=1S/C59H72O3/c1-2-3-4-5-6-7-8-9-10-11-12-13-14-15-16-35-48-60-57(49-61-58(51-36-23-17-24-37-51,52-38-25-18-26-39-52)53-40-27-19-28-41-53)50-62-59(54-42-29-20-30-43-54,55-44-31-21-32-45-55)56-46-33-22-34-47-56/h17-34,36-47,57H,2-16,35,48-50H2,1H3. The second-order valence-electron chi connectivity index (χ2n) is 17.0. The predicted molar refractivity (Wildman–Crippen MR) is 260 cm³/mol. The van der Waals surface area contributed by atoms with Gasteiger partial charge in [0.25, 0.3) is 0 Å². The Bertz CT molecular complexity index is 1680. The van der Waals surface area contributed by atoms with E-state index in [0.29, 0.717) is 19.8 Å². The lowest BCUT2D eigenvalue weighted by atomic mass is 9.80. The lowest BCUT2D eigenvalue weighted by Crippen LogP contribution is -2.40. The van der Waals surface area contributed by atoms with Gasteiger partial charge in [-0.3, -0.25) is 0 Å². The molecule has 0 atom stereocenters. The molecule has 0 spiro atoms. The zero-order valence-corrected chi connectivity index (χ0v) is 37.6. The Hall–Kier alpha value is -4.80. The van der Waals surface area contributed by atoms with E-state index in [4.69, 9.17) is 14.2 Å². The summed E-state index contributed by atoms with van der Waals surface area (Å²) in [6.07, 6.45) is 21.1. The highest BCUT2D eigenvalue weighted by Gasteiger charge is 2.41. The molecule has 0 saturated heterocycles. The van der Waals surface area contributed by atoms with E-state index < -0.39 is 11.2 Å². The fourth-order valence-electron chi connectivity index (χ4n) is 9.02. The van der Waals surface area contributed by atoms with Gasteiger partial charge in [-0.15, -0.1) is 0 Å². The molecular weight excluding hydrogens is 757 g/mol. The topological polar surface area (TPSA) is 27.7 Å². The number of unbranched alkanes of at least 4 members (excludes halogenated alkanes) is 15. The van der Waals surface area contributed by atoms with Gasteiger partial charge in [-0.2, -0.15) is 0 Å². The largest absolute Gasteiger partial charge is 0.373 e. The summed E-state index contributed by atoms with van der Waals surface area (Å²) in [5.74, 6) is 0. The predicted octanol–water partition coefficient (Wildman–Crippen LogP) is 15.7. The average molecular weight is 829 g/mol. The molecule has 62 heavy (non-hydrogen) atoms. The SMILES string of the molecule is CCCCCCCCCCCCCCCCCCOC(COC(c1ccccc1)(c1ccccc1)c1ccccc1)COC(c1ccccc1)(c1ccccc1)c1ccccc1. The van der Waals surface area contributed by atoms with E-state index in [2.05, 4.69) is 189 Å². The van der Waals surface area contributed by atoms with Gasteiger partial charge in [-0.1, -0.05) is 285 Å². The fraction of sp³-hybridized carbons (Fsp3) is 0.390. The van der Waals surface area contributed by atoms with Gasteiger partial charge < -0.3 is 14.2 Å². The van der Waals surface area contributed by atoms with Crippen LogP contribution in [0.4, 0.5) is 0 Å². The minimum Gasteiger partial charge on any atom is -0.373 e. The summed E-state index contributed by atoms with van der Waals surface area (Å²) in [4.78, 5) is 0. The Morgan fingerprint density at radius 3 is 0.774 bits per heavy atom. The number of ether oxygens (including phenoxy) is 3. The first kappa shape index (κ1) is 46.7. The third kappa shape index (κ3) is 13.4. The van der Waals surface area contributed by atoms with Crippen molar-refractivity contribution in [3.8, 4) is 0 Å². The molecule has 0 radical (unpaired) electrons. The molecule has 326 valence electrons. The maximum Gasteiger partial charge on any atom is 0.143 e. The zero-order chi connectivity index (χ0) is 42.8. The molecule has 0 amide bonds. The molecule has 0 fully saturated rings. The van der Waals surface area contributed by atoms with Crippen LogP contribution in [0.25, 0.3) is 0 Å². The molecule has 0 bridgehead atoms. The second kappa shape index (κ2) is 26.6. The van der Waals surface area contributed by atoms with Crippen molar-refractivity contribution in [1.82, 2.24) is 0 Å². The summed E-state index contributed by atoms with van der Waals surface area (Å²) in [6.45, 7) is 3.60. The van der Waals surface area contributed by atoms with Crippen LogP contribution in [0, 0.1) is 0 Å². The molecule has 3 nitrogen and oxygen atoms in total. The molecule has 0 aliphatic heterocycles. The van der Waals surface area contributed by atoms with Crippen molar-refractivity contribution < 1.29 is 14.2 Å². The van der Waals surface area contributed by atoms with Gasteiger partial charge in [0.1, 0.15) is 17.3 Å². The molecule has 0 unspecified atom stereocenters. The van der Waals surface area contributed by atoms with Gasteiger partial charge in [0.15, 0.2) is 0 Å². The van der Waals surface area contributed by atoms with Gasteiger partial charge in [0.2, 0.25) is 0 Å². The van der Waals surface area contributed by atoms with Crippen LogP contribution < -0.4 is 0 Å². The third-order valence-electron chi connectivity index (χ3n) is 12.4. The Morgan fingerprint density at radius 1 is 0.306 bits per heavy atom. The average Bonchev–Trinajstić information content (AvgIpc) is 3.34. The van der Waals surface area contributed by atoms with Crippen LogP contribution in [-0.2, 0) is 25.4 Å². The van der Waals surface area contributed by atoms with E-state index in [0.717, 1.165) is 46.2 Å². The quantitative estimate of drug-likeness (QED) is 0.0334. The van der Waals surface area contributed by atoms with Crippen molar-refractivity contribution in [2.75, 3.05) is 19.8 Å². The Labute approximate surface area is 374 Å². The number of hydrogen-bond donors (Lipinski definition) is 0. The molecule has 3 heteroatoms. The molecule has 6 aromatic rings. The number of hydrogen-bond acceptors (Lipinski definition) is 3. The van der Waals surface area contributed by atoms with Crippen molar-refractivity contribution in [2.45, 2.75) is 127 Å². The summed E-state index contributed by atoms with van der Waals surface area (Å²) in [6, 6.07) is 63.7. The highest BCUT2D eigenvalue weighted by molar-refractivity contribution is 5.49. The lowest BCUT2D eigenvalue weighted by Gasteiger charge is -2.39. The molecule has 0 heterocycles. The fourth-order valence-corrected chi connectivity index (χ4v) is 9.02. The first-order valence-electron chi connectivity index (χ1n) is 24.0. The third-order valence-corrected chi connectivity index (χ3v) is 12.4. The van der Waals surface area contributed by atoms with E-state index in [1.807, 2.05) is 0 Å². The maximum absolute atomic E-state index is 7.41. The molecular formula is C59H72O3. The van der Waals surface area contributed by atoms with E-state index >= 15 is 0 Å². The summed E-state index contributed by atoms with van der Waals surface area (Å²) in [5, 5.41) is 0. The summed E-state index contributed by atoms with van der Waals surface area (Å²) >= 11 is 0. The van der Waals surface area contributed by atoms with Crippen molar-refractivity contribution in [3.05, 3.63) is 215 Å². The Morgan fingerprint density at radius 2 is 0.532 bits per heavy atom. The van der Waals surface area contributed by atoms with Crippen LogP contribution in [0.15, 0.2) is 182 Å². The first-order valence-corrected chi connectivity index (χ1v) is 24.0. The highest BCUT2D eigenvalue weighted by Crippen LogP contribution is 2.43. The molecule has 0 aliphatic rings. The van der Waals surface area contributed by atoms with Crippen LogP contribution in [0.2, 0.25) is 0 Å². The second-order valence-corrected chi connectivity index (χ2v) is 17.0. The number of benzene rings is 6. The molecule has 0 aromatic heterocycles. The van der Waals surface area contributed by atoms with Crippen LogP contribution in [0.5, 0.6) is 0 Å². The summed E-state index contributed by atoms with van der Waals surface area (Å²) in [7, 11) is 0. The van der Waals surface area contributed by atoms with Crippen molar-refractivity contribution in [3.63, 3.8) is 0 Å². The van der Waals surface area contributed by atoms with Gasteiger partial charge in [-0.05, 0) is 39.8 Å². The highest BCUT2D eigenvalue weighted by atomic mass is 16.6. The van der Waals surface area contributed by atoms with E-state index in [1.165, 1.54) is 89.9 Å². The van der Waals surface area contributed by atoms with Crippen LogP contribution >= 0.6 is 0 Å². The smallest absolute Gasteiger partial charge is 0.143 e. The van der Waals surface area contributed by atoms with Crippen LogP contribution in [-0.4, -0.2) is 25.9 Å². The monoisotopic (exact) mass is 829 g/mol. The Balaban J connectivity index is 1.17. The molecule has 0 N–H and O–H groups in total. The van der Waals surface area contributed by atoms with E-state index in [1.54, 1.807) is 0 Å². The minimum absolute atomic E-state index is 0.325. The first-order chi connectivity index (χ1) is 30.8. The summed E-state index contributed by atoms with van der Waals surface area (Å²) in [5.41, 5.74) is 4.70. The van der Waals surface area contributed by atoms with Crippen molar-refractivity contribution >= 4 is 0 Å². The van der Waals surface area contributed by atoms with Crippen LogP contribution in [0.1, 0.15) is 143 Å². The maximum atomic E-state index is 7.41. The molecule has 0 saturated carbocycles. The minimum atomic E-state index is -0.866. The molecule has 6 rings (SSSR count). The normalized spacial score (nSPS) is 11.9. The van der Waals surface area contributed by atoms with Gasteiger partial charge in [0.05, 0.1) is 13.2 Å². The molecule has 6 aromatic carbocycles. The van der Waals surface area contributed by atoms with Gasteiger partial charge >= 0.3 is 0 Å². The lowest BCUT2D eigenvalue weighted by molar-refractivity contribution is -0.113. The Kier molecular flexibility index (Phi) is 20.1. The number of rotatable bonds is 30. The van der Waals surface area contributed by atoms with Crippen molar-refractivity contribution in [1.29, 1.82) is 0 Å². The van der Waals surface area contributed by atoms with Crippen molar-refractivity contribution in [2.24, 2.45) is 0 Å².